The molecular weight excluding hydrogens is 263 g/mol. The molecule has 0 fully saturated rings. The maximum atomic E-state index is 10.8. The van der Waals surface area contributed by atoms with Crippen molar-refractivity contribution in [3.63, 3.8) is 0 Å². The summed E-state index contributed by atoms with van der Waals surface area (Å²) in [6.07, 6.45) is 0. The molecule has 0 saturated carbocycles. The van der Waals surface area contributed by atoms with Crippen LogP contribution in [-0.4, -0.2) is 33.4 Å². The summed E-state index contributed by atoms with van der Waals surface area (Å²) in [4.78, 5) is 10.2. The van der Waals surface area contributed by atoms with E-state index in [-0.39, 0.29) is 16.8 Å². The van der Waals surface area contributed by atoms with Crippen LogP contribution in [0.4, 0.5) is 11.4 Å². The molecule has 0 spiro atoms. The van der Waals surface area contributed by atoms with Crippen molar-refractivity contribution in [3.05, 3.63) is 28.3 Å². The van der Waals surface area contributed by atoms with Crippen molar-refractivity contribution in [2.45, 2.75) is 38.9 Å². The minimum absolute atomic E-state index is 0.00713. The number of anilines is 1. The van der Waals surface area contributed by atoms with Gasteiger partial charge in [-0.15, -0.1) is 0 Å². The van der Waals surface area contributed by atoms with Gasteiger partial charge in [-0.25, -0.2) is 0 Å². The summed E-state index contributed by atoms with van der Waals surface area (Å²) in [6.45, 7) is 6.32. The number of rotatable bonds is 5. The number of nitro groups is 1. The number of nitrogens with two attached hydrogens (primary N) is 1. The van der Waals surface area contributed by atoms with Crippen molar-refractivity contribution in [2.75, 3.05) is 5.73 Å². The van der Waals surface area contributed by atoms with E-state index < -0.39 is 23.2 Å². The Kier molecular flexibility index (Phi) is 4.43. The molecule has 0 heterocycles. The van der Waals surface area contributed by atoms with Crippen LogP contribution in [0.2, 0.25) is 0 Å². The second-order valence-corrected chi connectivity index (χ2v) is 5.61. The molecule has 110 valence electrons. The second-order valence-electron chi connectivity index (χ2n) is 5.61. The molecule has 7 nitrogen and oxygen atoms in total. The van der Waals surface area contributed by atoms with E-state index in [0.717, 1.165) is 6.07 Å². The number of benzene rings is 1. The van der Waals surface area contributed by atoms with Crippen LogP contribution in [0.5, 0.6) is 0 Å². The Bertz CT molecular complexity index is 513. The zero-order chi connectivity index (χ0) is 15.7. The molecule has 0 unspecified atom stereocenters. The SMILES string of the molecule is CC(C)(O)C(C)(C)OB(O)c1ccc(N)c([N+](=O)[O-])c1. The lowest BCUT2D eigenvalue weighted by molar-refractivity contribution is -0.383. The highest BCUT2D eigenvalue weighted by Gasteiger charge is 2.39. The quantitative estimate of drug-likeness (QED) is 0.312. The van der Waals surface area contributed by atoms with Gasteiger partial charge < -0.3 is 20.5 Å². The Labute approximate surface area is 117 Å². The van der Waals surface area contributed by atoms with E-state index in [2.05, 4.69) is 0 Å². The molecule has 0 atom stereocenters. The van der Waals surface area contributed by atoms with Crippen molar-refractivity contribution in [1.29, 1.82) is 0 Å². The third kappa shape index (κ3) is 3.47. The Morgan fingerprint density at radius 1 is 1.35 bits per heavy atom. The fourth-order valence-corrected chi connectivity index (χ4v) is 1.36. The van der Waals surface area contributed by atoms with E-state index in [1.54, 1.807) is 27.7 Å². The third-order valence-electron chi connectivity index (χ3n) is 3.42. The number of nitrogens with zero attached hydrogens (tertiary/aromatic N) is 1. The molecule has 0 saturated heterocycles. The molecule has 4 N–H and O–H groups in total. The van der Waals surface area contributed by atoms with Gasteiger partial charge in [-0.1, -0.05) is 6.07 Å². The molecule has 1 rings (SSSR count). The molecule has 0 aromatic heterocycles. The van der Waals surface area contributed by atoms with Crippen LogP contribution in [0.15, 0.2) is 18.2 Å². The highest BCUT2D eigenvalue weighted by Crippen LogP contribution is 2.26. The first-order valence-electron chi connectivity index (χ1n) is 6.08. The maximum Gasteiger partial charge on any atom is 0.491 e. The van der Waals surface area contributed by atoms with E-state index in [0.29, 0.717) is 0 Å². The lowest BCUT2D eigenvalue weighted by Gasteiger charge is -2.38. The second kappa shape index (κ2) is 5.39. The van der Waals surface area contributed by atoms with Gasteiger partial charge in [0.25, 0.3) is 5.69 Å². The topological polar surface area (TPSA) is 119 Å². The molecule has 20 heavy (non-hydrogen) atoms. The fraction of sp³-hybridized carbons (Fsp3) is 0.500. The Hall–Kier alpha value is -1.64. The van der Waals surface area contributed by atoms with Crippen molar-refractivity contribution >= 4 is 24.0 Å². The van der Waals surface area contributed by atoms with Gasteiger partial charge in [0.15, 0.2) is 0 Å². The zero-order valence-corrected chi connectivity index (χ0v) is 12.0. The average molecular weight is 282 g/mol. The Morgan fingerprint density at radius 3 is 2.35 bits per heavy atom. The van der Waals surface area contributed by atoms with Crippen LogP contribution < -0.4 is 11.2 Å². The van der Waals surface area contributed by atoms with Crippen LogP contribution in [0, 0.1) is 10.1 Å². The number of hydrogen-bond donors (Lipinski definition) is 3. The van der Waals surface area contributed by atoms with Crippen LogP contribution in [0.1, 0.15) is 27.7 Å². The van der Waals surface area contributed by atoms with Crippen molar-refractivity contribution < 1.29 is 19.7 Å². The highest BCUT2D eigenvalue weighted by molar-refractivity contribution is 6.60. The van der Waals surface area contributed by atoms with Gasteiger partial charge in [0.05, 0.1) is 16.1 Å². The zero-order valence-electron chi connectivity index (χ0n) is 12.0. The fourth-order valence-electron chi connectivity index (χ4n) is 1.36. The molecule has 0 amide bonds. The van der Waals surface area contributed by atoms with Crippen LogP contribution in [-0.2, 0) is 4.65 Å². The predicted molar refractivity (Wildman–Crippen MR) is 76.6 cm³/mol. The molecule has 0 aliphatic carbocycles. The third-order valence-corrected chi connectivity index (χ3v) is 3.42. The summed E-state index contributed by atoms with van der Waals surface area (Å²) in [5.74, 6) is 0. The first-order valence-corrected chi connectivity index (χ1v) is 6.08. The summed E-state index contributed by atoms with van der Waals surface area (Å²) in [5, 5.41) is 30.8. The summed E-state index contributed by atoms with van der Waals surface area (Å²) < 4.78 is 5.41. The summed E-state index contributed by atoms with van der Waals surface area (Å²) in [5.41, 5.74) is 3.13. The van der Waals surface area contributed by atoms with Gasteiger partial charge in [0, 0.05) is 6.07 Å². The van der Waals surface area contributed by atoms with Crippen molar-refractivity contribution in [3.8, 4) is 0 Å². The molecule has 0 aliphatic heterocycles. The summed E-state index contributed by atoms with van der Waals surface area (Å²) in [6, 6.07) is 3.92. The Morgan fingerprint density at radius 2 is 1.90 bits per heavy atom. The van der Waals surface area contributed by atoms with Gasteiger partial charge in [0.2, 0.25) is 0 Å². The van der Waals surface area contributed by atoms with E-state index >= 15 is 0 Å². The lowest BCUT2D eigenvalue weighted by atomic mass is 9.76. The molecule has 8 heteroatoms. The molecular formula is C12H19BN2O5. The van der Waals surface area contributed by atoms with E-state index in [9.17, 15) is 20.2 Å². The minimum atomic E-state index is -1.41. The van der Waals surface area contributed by atoms with E-state index in [1.165, 1.54) is 12.1 Å². The van der Waals surface area contributed by atoms with Crippen LogP contribution in [0.3, 0.4) is 0 Å². The molecule has 1 aromatic carbocycles. The summed E-state index contributed by atoms with van der Waals surface area (Å²) in [7, 11) is -1.41. The minimum Gasteiger partial charge on any atom is -0.423 e. The van der Waals surface area contributed by atoms with Crippen LogP contribution in [0.25, 0.3) is 0 Å². The molecule has 0 bridgehead atoms. The predicted octanol–water partition coefficient (Wildman–Crippen LogP) is 0.431. The first-order chi connectivity index (χ1) is 8.95. The number of aliphatic hydroxyl groups is 1. The monoisotopic (exact) mass is 282 g/mol. The molecule has 0 aliphatic rings. The number of hydrogen-bond acceptors (Lipinski definition) is 6. The summed E-state index contributed by atoms with van der Waals surface area (Å²) >= 11 is 0. The largest absolute Gasteiger partial charge is 0.491 e. The van der Waals surface area contributed by atoms with Gasteiger partial charge in [-0.3, -0.25) is 10.1 Å². The first kappa shape index (κ1) is 16.4. The van der Waals surface area contributed by atoms with Crippen molar-refractivity contribution in [1.82, 2.24) is 0 Å². The molecule has 1 aromatic rings. The smallest absolute Gasteiger partial charge is 0.423 e. The van der Waals surface area contributed by atoms with E-state index in [4.69, 9.17) is 10.4 Å². The van der Waals surface area contributed by atoms with E-state index in [1.807, 2.05) is 0 Å². The van der Waals surface area contributed by atoms with Gasteiger partial charge in [0.1, 0.15) is 5.69 Å². The highest BCUT2D eigenvalue weighted by atomic mass is 16.6. The maximum absolute atomic E-state index is 10.8. The van der Waals surface area contributed by atoms with Crippen LogP contribution >= 0.6 is 0 Å². The van der Waals surface area contributed by atoms with Gasteiger partial charge in [-0.05, 0) is 39.2 Å². The number of nitrogen functional groups attached to an aromatic ring is 1. The van der Waals surface area contributed by atoms with Gasteiger partial charge in [-0.2, -0.15) is 0 Å². The van der Waals surface area contributed by atoms with Gasteiger partial charge >= 0.3 is 7.12 Å². The number of nitro benzene ring substituents is 1. The lowest BCUT2D eigenvalue weighted by Crippen LogP contribution is -2.53. The Balaban J connectivity index is 3.02. The standard InChI is InChI=1S/C12H19BN2O5/c1-11(2,16)12(3,4)20-13(17)8-5-6-9(14)10(7-8)15(18)19/h5-7,16-17H,14H2,1-4H3. The normalized spacial score (nSPS) is 12.3. The van der Waals surface area contributed by atoms with Crippen molar-refractivity contribution in [2.24, 2.45) is 0 Å². The molecule has 0 radical (unpaired) electrons. The average Bonchev–Trinajstić information content (AvgIpc) is 2.26.